The first-order valence-electron chi connectivity index (χ1n) is 8.44. The number of hydrogen-bond acceptors (Lipinski definition) is 4. The fourth-order valence-corrected chi connectivity index (χ4v) is 3.80. The van der Waals surface area contributed by atoms with Crippen LogP contribution in [0.4, 0.5) is 14.5 Å². The second kappa shape index (κ2) is 10.3. The maximum absolute atomic E-state index is 13.7. The molecule has 2 heterocycles. The summed E-state index contributed by atoms with van der Waals surface area (Å²) in [5.74, 6) is -1.07. The number of halogens is 3. The Kier molecular flexibility index (Phi) is 8.39. The molecule has 148 valence electrons. The van der Waals surface area contributed by atoms with Crippen LogP contribution in [-0.2, 0) is 4.74 Å². The van der Waals surface area contributed by atoms with E-state index in [1.807, 2.05) is 18.4 Å². The minimum absolute atomic E-state index is 0. The summed E-state index contributed by atoms with van der Waals surface area (Å²) in [6, 6.07) is 7.30. The average molecular weight is 508 g/mol. The molecule has 1 aliphatic rings. The molecule has 2 atom stereocenters. The SMILES string of the molecule is CC1CN(C(CN=C(N)Nc2cc(F)ccc2F)c2cccs2)CCO1.I. The van der Waals surface area contributed by atoms with Crippen LogP contribution in [0.15, 0.2) is 40.7 Å². The van der Waals surface area contributed by atoms with Gasteiger partial charge in [0.1, 0.15) is 11.6 Å². The molecule has 1 fully saturated rings. The summed E-state index contributed by atoms with van der Waals surface area (Å²) in [5, 5.41) is 4.66. The second-order valence-corrected chi connectivity index (χ2v) is 7.16. The molecule has 0 bridgehead atoms. The lowest BCUT2D eigenvalue weighted by Gasteiger charge is -2.36. The smallest absolute Gasteiger partial charge is 0.193 e. The van der Waals surface area contributed by atoms with Crippen LogP contribution in [0.2, 0.25) is 0 Å². The fourth-order valence-electron chi connectivity index (χ4n) is 2.95. The first-order valence-corrected chi connectivity index (χ1v) is 9.32. The zero-order valence-electron chi connectivity index (χ0n) is 14.9. The number of hydrogen-bond donors (Lipinski definition) is 2. The van der Waals surface area contributed by atoms with Gasteiger partial charge in [0.15, 0.2) is 5.96 Å². The summed E-state index contributed by atoms with van der Waals surface area (Å²) in [7, 11) is 0. The Bertz CT molecular complexity index is 760. The summed E-state index contributed by atoms with van der Waals surface area (Å²) < 4.78 is 32.6. The summed E-state index contributed by atoms with van der Waals surface area (Å²) in [4.78, 5) is 7.87. The van der Waals surface area contributed by atoms with Gasteiger partial charge in [0.25, 0.3) is 0 Å². The third-order valence-corrected chi connectivity index (χ3v) is 5.18. The average Bonchev–Trinajstić information content (AvgIpc) is 3.13. The summed E-state index contributed by atoms with van der Waals surface area (Å²) in [5.41, 5.74) is 5.86. The Hall–Kier alpha value is -1.30. The first-order chi connectivity index (χ1) is 12.5. The Labute approximate surface area is 178 Å². The number of thiophene rings is 1. The lowest BCUT2D eigenvalue weighted by Crippen LogP contribution is -2.44. The van der Waals surface area contributed by atoms with Crippen molar-refractivity contribution in [3.8, 4) is 0 Å². The Morgan fingerprint density at radius 1 is 1.44 bits per heavy atom. The van der Waals surface area contributed by atoms with Gasteiger partial charge in [0, 0.05) is 24.0 Å². The molecule has 0 amide bonds. The molecule has 0 saturated carbocycles. The molecule has 0 aliphatic carbocycles. The molecular formula is C18H23F2IN4OS. The van der Waals surface area contributed by atoms with Crippen molar-refractivity contribution >= 4 is 47.0 Å². The molecule has 1 aliphatic heterocycles. The van der Waals surface area contributed by atoms with Crippen LogP contribution in [0, 0.1) is 11.6 Å². The number of aliphatic imine (C=N–C) groups is 1. The van der Waals surface area contributed by atoms with Gasteiger partial charge in [0.05, 0.1) is 31.0 Å². The predicted octanol–water partition coefficient (Wildman–Crippen LogP) is 3.83. The van der Waals surface area contributed by atoms with E-state index in [0.29, 0.717) is 13.2 Å². The molecule has 9 heteroatoms. The summed E-state index contributed by atoms with van der Waals surface area (Å²) in [6.07, 6.45) is 0.159. The lowest BCUT2D eigenvalue weighted by molar-refractivity contribution is -0.0327. The van der Waals surface area contributed by atoms with Gasteiger partial charge in [0.2, 0.25) is 0 Å². The second-order valence-electron chi connectivity index (χ2n) is 6.18. The van der Waals surface area contributed by atoms with Crippen molar-refractivity contribution < 1.29 is 13.5 Å². The van der Waals surface area contributed by atoms with E-state index in [9.17, 15) is 8.78 Å². The minimum atomic E-state index is -0.582. The molecule has 1 aromatic heterocycles. The fraction of sp³-hybridized carbons (Fsp3) is 0.389. The number of nitrogens with zero attached hydrogens (tertiary/aromatic N) is 2. The van der Waals surface area contributed by atoms with E-state index < -0.39 is 11.6 Å². The van der Waals surface area contributed by atoms with Gasteiger partial charge >= 0.3 is 0 Å². The maximum atomic E-state index is 13.7. The molecule has 2 aromatic rings. The zero-order chi connectivity index (χ0) is 18.5. The van der Waals surface area contributed by atoms with Crippen molar-refractivity contribution in [1.82, 2.24) is 4.90 Å². The van der Waals surface area contributed by atoms with E-state index in [4.69, 9.17) is 10.5 Å². The molecule has 27 heavy (non-hydrogen) atoms. The van der Waals surface area contributed by atoms with Crippen LogP contribution in [0.25, 0.3) is 0 Å². The highest BCUT2D eigenvalue weighted by molar-refractivity contribution is 14.0. The van der Waals surface area contributed by atoms with Crippen LogP contribution in [0.5, 0.6) is 0 Å². The van der Waals surface area contributed by atoms with Gasteiger partial charge in [-0.15, -0.1) is 35.3 Å². The number of nitrogens with one attached hydrogen (secondary N) is 1. The first kappa shape index (κ1) is 22.0. The number of benzene rings is 1. The normalized spacial score (nSPS) is 19.4. The van der Waals surface area contributed by atoms with E-state index in [2.05, 4.69) is 21.3 Å². The highest BCUT2D eigenvalue weighted by Gasteiger charge is 2.26. The largest absolute Gasteiger partial charge is 0.376 e. The molecule has 5 nitrogen and oxygen atoms in total. The van der Waals surface area contributed by atoms with Crippen molar-refractivity contribution in [2.45, 2.75) is 19.1 Å². The molecule has 1 saturated heterocycles. The molecular weight excluding hydrogens is 485 g/mol. The highest BCUT2D eigenvalue weighted by atomic mass is 127. The van der Waals surface area contributed by atoms with Crippen molar-refractivity contribution in [1.29, 1.82) is 0 Å². The van der Waals surface area contributed by atoms with E-state index in [-0.39, 0.29) is 47.8 Å². The van der Waals surface area contributed by atoms with Crippen LogP contribution in [0.3, 0.4) is 0 Å². The molecule has 3 N–H and O–H groups in total. The third-order valence-electron chi connectivity index (χ3n) is 4.21. The number of ether oxygens (including phenoxy) is 1. The molecule has 1 aromatic carbocycles. The summed E-state index contributed by atoms with van der Waals surface area (Å²) >= 11 is 1.66. The Morgan fingerprint density at radius 3 is 2.96 bits per heavy atom. The highest BCUT2D eigenvalue weighted by Crippen LogP contribution is 2.27. The van der Waals surface area contributed by atoms with Crippen molar-refractivity contribution in [3.05, 3.63) is 52.2 Å². The number of anilines is 1. The predicted molar refractivity (Wildman–Crippen MR) is 116 cm³/mol. The van der Waals surface area contributed by atoms with Crippen molar-refractivity contribution in [2.75, 3.05) is 31.6 Å². The monoisotopic (exact) mass is 508 g/mol. The van der Waals surface area contributed by atoms with Gasteiger partial charge in [-0.05, 0) is 30.5 Å². The Balaban J connectivity index is 0.00000261. The van der Waals surface area contributed by atoms with E-state index in [1.54, 1.807) is 11.3 Å². The van der Waals surface area contributed by atoms with Crippen LogP contribution < -0.4 is 11.1 Å². The summed E-state index contributed by atoms with van der Waals surface area (Å²) in [6.45, 7) is 4.76. The van der Waals surface area contributed by atoms with E-state index in [0.717, 1.165) is 31.3 Å². The Morgan fingerprint density at radius 2 is 2.26 bits per heavy atom. The quantitative estimate of drug-likeness (QED) is 0.366. The van der Waals surface area contributed by atoms with Gasteiger partial charge < -0.3 is 15.8 Å². The van der Waals surface area contributed by atoms with Crippen molar-refractivity contribution in [3.63, 3.8) is 0 Å². The number of rotatable bonds is 5. The maximum Gasteiger partial charge on any atom is 0.193 e. The molecule has 2 unspecified atom stereocenters. The van der Waals surface area contributed by atoms with Gasteiger partial charge in [-0.2, -0.15) is 0 Å². The van der Waals surface area contributed by atoms with Crippen LogP contribution in [0.1, 0.15) is 17.8 Å². The number of nitrogens with two attached hydrogens (primary N) is 1. The van der Waals surface area contributed by atoms with Crippen LogP contribution in [-0.4, -0.2) is 43.2 Å². The van der Waals surface area contributed by atoms with Gasteiger partial charge in [-0.1, -0.05) is 6.07 Å². The van der Waals surface area contributed by atoms with Gasteiger partial charge in [-0.3, -0.25) is 9.89 Å². The minimum Gasteiger partial charge on any atom is -0.376 e. The molecule has 3 rings (SSSR count). The lowest BCUT2D eigenvalue weighted by atomic mass is 10.1. The van der Waals surface area contributed by atoms with E-state index in [1.165, 1.54) is 4.88 Å². The standard InChI is InChI=1S/C18H22F2N4OS.HI/c1-12-11-24(6-7-25-12)16(17-3-2-8-26-17)10-22-18(21)23-15-9-13(19)4-5-14(15)20;/h2-5,8-9,12,16H,6-7,10-11H2,1H3,(H3,21,22,23);1H. The van der Waals surface area contributed by atoms with Crippen LogP contribution >= 0.6 is 35.3 Å². The van der Waals surface area contributed by atoms with E-state index >= 15 is 0 Å². The van der Waals surface area contributed by atoms with Crippen molar-refractivity contribution in [2.24, 2.45) is 10.7 Å². The third kappa shape index (κ3) is 6.09. The van der Waals surface area contributed by atoms with Gasteiger partial charge in [-0.25, -0.2) is 8.78 Å². The number of guanidine groups is 1. The zero-order valence-corrected chi connectivity index (χ0v) is 18.0. The molecule has 0 spiro atoms. The number of morpholine rings is 1. The topological polar surface area (TPSA) is 62.9 Å². The molecule has 0 radical (unpaired) electrons.